The molecule has 2 aromatic carbocycles. The van der Waals surface area contributed by atoms with Gasteiger partial charge < -0.3 is 9.47 Å². The lowest BCUT2D eigenvalue weighted by Gasteiger charge is -2.50. The first-order chi connectivity index (χ1) is 14.7. The van der Waals surface area contributed by atoms with Crippen LogP contribution in [0.5, 0.6) is 0 Å². The molecule has 2 aromatic rings. The van der Waals surface area contributed by atoms with E-state index < -0.39 is 0 Å². The molecule has 0 N–H and O–H groups in total. The van der Waals surface area contributed by atoms with Crippen molar-refractivity contribution in [1.29, 1.82) is 0 Å². The maximum absolute atomic E-state index is 13.0. The van der Waals surface area contributed by atoms with Crippen LogP contribution >= 0.6 is 0 Å². The van der Waals surface area contributed by atoms with Crippen LogP contribution in [0.25, 0.3) is 0 Å². The number of benzene rings is 2. The molecule has 0 spiro atoms. The van der Waals surface area contributed by atoms with Crippen LogP contribution in [0.1, 0.15) is 49.7 Å². The fraction of sp³-hybridized carbons (Fsp3) is 0.385. The van der Waals surface area contributed by atoms with Crippen molar-refractivity contribution in [2.24, 2.45) is 11.8 Å². The first kappa shape index (κ1) is 20.4. The predicted molar refractivity (Wildman–Crippen MR) is 115 cm³/mol. The first-order valence-corrected chi connectivity index (χ1v) is 10.9. The average molecular weight is 405 g/mol. The summed E-state index contributed by atoms with van der Waals surface area (Å²) in [5.41, 5.74) is 3.47. The second kappa shape index (κ2) is 8.86. The van der Waals surface area contributed by atoms with Gasteiger partial charge in [-0.15, -0.1) is 0 Å². The Morgan fingerprint density at radius 1 is 0.700 bits per heavy atom. The highest BCUT2D eigenvalue weighted by Gasteiger charge is 2.53. The monoisotopic (exact) mass is 404 g/mol. The summed E-state index contributed by atoms with van der Waals surface area (Å²) >= 11 is 0. The molecule has 0 radical (unpaired) electrons. The Bertz CT molecular complexity index is 855. The quantitative estimate of drug-likeness (QED) is 0.635. The summed E-state index contributed by atoms with van der Waals surface area (Å²) in [5, 5.41) is 0. The van der Waals surface area contributed by atoms with Crippen LogP contribution in [0, 0.1) is 11.8 Å². The molecule has 0 amide bonds. The minimum atomic E-state index is -0.373. The van der Waals surface area contributed by atoms with Crippen LogP contribution < -0.4 is 0 Å². The molecule has 30 heavy (non-hydrogen) atoms. The minimum Gasteiger partial charge on any atom is -0.463 e. The van der Waals surface area contributed by atoms with Crippen LogP contribution in [-0.2, 0) is 19.1 Å². The minimum absolute atomic E-state index is 0.0685. The zero-order valence-electron chi connectivity index (χ0n) is 17.5. The molecule has 5 rings (SSSR count). The lowest BCUT2D eigenvalue weighted by molar-refractivity contribution is -0.144. The van der Waals surface area contributed by atoms with E-state index in [1.165, 1.54) is 11.1 Å². The Labute approximate surface area is 177 Å². The van der Waals surface area contributed by atoms with Crippen LogP contribution in [-0.4, -0.2) is 25.2 Å². The lowest BCUT2D eigenvalue weighted by atomic mass is 9.53. The molecular formula is C26H28O4. The van der Waals surface area contributed by atoms with E-state index in [0.717, 1.165) is 12.8 Å². The Morgan fingerprint density at radius 2 is 1.07 bits per heavy atom. The molecule has 1 fully saturated rings. The second-order valence-electron chi connectivity index (χ2n) is 7.93. The molecule has 4 atom stereocenters. The van der Waals surface area contributed by atoms with Crippen LogP contribution in [0.3, 0.4) is 0 Å². The number of hydrogen-bond donors (Lipinski definition) is 0. The largest absolute Gasteiger partial charge is 0.463 e. The molecule has 4 nitrogen and oxygen atoms in total. The van der Waals surface area contributed by atoms with Crippen molar-refractivity contribution in [3.8, 4) is 0 Å². The third-order valence-electron chi connectivity index (χ3n) is 6.43. The number of ether oxygens (including phenoxy) is 2. The molecule has 0 heterocycles. The maximum atomic E-state index is 13.0. The lowest BCUT2D eigenvalue weighted by Crippen LogP contribution is -2.44. The summed E-state index contributed by atoms with van der Waals surface area (Å²) < 4.78 is 10.8. The van der Waals surface area contributed by atoms with Gasteiger partial charge in [0.25, 0.3) is 0 Å². The maximum Gasteiger partial charge on any atom is 0.334 e. The molecule has 0 unspecified atom stereocenters. The zero-order valence-corrected chi connectivity index (χ0v) is 17.5. The number of esters is 2. The third-order valence-corrected chi connectivity index (χ3v) is 6.43. The van der Waals surface area contributed by atoms with Crippen molar-refractivity contribution in [2.75, 3.05) is 13.2 Å². The van der Waals surface area contributed by atoms with Gasteiger partial charge in [-0.25, -0.2) is 9.59 Å². The SMILES string of the molecule is CCOC(=O)C1=C(C(=O)OCC)[C@@H]2CC[C@H]1[C@@H](c1ccccc1)[C@H]2c1ccccc1. The van der Waals surface area contributed by atoms with Gasteiger partial charge in [0.05, 0.1) is 24.4 Å². The number of carbonyl (C=O) groups excluding carboxylic acids is 2. The van der Waals surface area contributed by atoms with Crippen LogP contribution in [0.2, 0.25) is 0 Å². The van der Waals surface area contributed by atoms with Gasteiger partial charge in [-0.2, -0.15) is 0 Å². The van der Waals surface area contributed by atoms with Gasteiger partial charge in [0.1, 0.15) is 0 Å². The van der Waals surface area contributed by atoms with Crippen LogP contribution in [0.4, 0.5) is 0 Å². The van der Waals surface area contributed by atoms with E-state index >= 15 is 0 Å². The van der Waals surface area contributed by atoms with Crippen molar-refractivity contribution in [3.05, 3.63) is 82.9 Å². The summed E-state index contributed by atoms with van der Waals surface area (Å²) in [5.74, 6) is -0.651. The topological polar surface area (TPSA) is 52.6 Å². The molecule has 0 aliphatic heterocycles. The van der Waals surface area contributed by atoms with Crippen molar-refractivity contribution >= 4 is 11.9 Å². The molecule has 3 aliphatic carbocycles. The Morgan fingerprint density at radius 3 is 1.40 bits per heavy atom. The molecule has 2 bridgehead atoms. The van der Waals surface area contributed by atoms with E-state index in [4.69, 9.17) is 9.47 Å². The first-order valence-electron chi connectivity index (χ1n) is 10.9. The van der Waals surface area contributed by atoms with E-state index in [9.17, 15) is 9.59 Å². The van der Waals surface area contributed by atoms with E-state index in [0.29, 0.717) is 11.1 Å². The fourth-order valence-corrected chi connectivity index (χ4v) is 5.44. The van der Waals surface area contributed by atoms with E-state index in [-0.39, 0.29) is 48.8 Å². The predicted octanol–water partition coefficient (Wildman–Crippen LogP) is 5.02. The fourth-order valence-electron chi connectivity index (χ4n) is 5.44. The second-order valence-corrected chi connectivity index (χ2v) is 7.93. The van der Waals surface area contributed by atoms with Gasteiger partial charge in [-0.3, -0.25) is 0 Å². The Balaban J connectivity index is 1.91. The summed E-state index contributed by atoms with van der Waals surface area (Å²) in [6.07, 6.45) is 1.73. The average Bonchev–Trinajstić information content (AvgIpc) is 2.79. The van der Waals surface area contributed by atoms with Crippen molar-refractivity contribution in [2.45, 2.75) is 38.5 Å². The van der Waals surface area contributed by atoms with Crippen molar-refractivity contribution < 1.29 is 19.1 Å². The van der Waals surface area contributed by atoms with Crippen LogP contribution in [0.15, 0.2) is 71.8 Å². The highest BCUT2D eigenvalue weighted by atomic mass is 16.5. The third kappa shape index (κ3) is 3.55. The summed E-state index contributed by atoms with van der Waals surface area (Å²) in [6, 6.07) is 20.7. The van der Waals surface area contributed by atoms with Crippen molar-refractivity contribution in [3.63, 3.8) is 0 Å². The van der Waals surface area contributed by atoms with Gasteiger partial charge in [0.15, 0.2) is 0 Å². The molecule has 3 aliphatic rings. The zero-order chi connectivity index (χ0) is 21.1. The van der Waals surface area contributed by atoms with E-state index in [1.54, 1.807) is 13.8 Å². The van der Waals surface area contributed by atoms with E-state index in [1.807, 2.05) is 36.4 Å². The highest BCUT2D eigenvalue weighted by Crippen LogP contribution is 2.60. The van der Waals surface area contributed by atoms with Gasteiger partial charge in [-0.05, 0) is 61.5 Å². The smallest absolute Gasteiger partial charge is 0.334 e. The number of fused-ring (bicyclic) bond motifs is 2. The Hall–Kier alpha value is -2.88. The van der Waals surface area contributed by atoms with Gasteiger partial charge in [0, 0.05) is 0 Å². The number of hydrogen-bond acceptors (Lipinski definition) is 4. The van der Waals surface area contributed by atoms with Gasteiger partial charge >= 0.3 is 11.9 Å². The summed E-state index contributed by atoms with van der Waals surface area (Å²) in [4.78, 5) is 26.1. The molecule has 4 heteroatoms. The molecule has 0 saturated heterocycles. The summed E-state index contributed by atoms with van der Waals surface area (Å²) in [6.45, 7) is 4.16. The number of carbonyl (C=O) groups is 2. The molecule has 156 valence electrons. The number of rotatable bonds is 6. The Kier molecular flexibility index (Phi) is 6.03. The normalized spacial score (nSPS) is 25.1. The standard InChI is InChI=1S/C26H28O4/c1-3-29-25(27)23-19-15-16-20(24(23)26(28)30-4-2)22(18-13-9-6-10-14-18)21(19)17-11-7-5-8-12-17/h5-14,19-22H,3-4,15-16H2,1-2H3/t19-,20+,21+,22-. The van der Waals surface area contributed by atoms with E-state index in [2.05, 4.69) is 24.3 Å². The van der Waals surface area contributed by atoms with Gasteiger partial charge in [-0.1, -0.05) is 60.7 Å². The summed E-state index contributed by atoms with van der Waals surface area (Å²) in [7, 11) is 0. The molecule has 0 aromatic heterocycles. The van der Waals surface area contributed by atoms with Gasteiger partial charge in [0.2, 0.25) is 0 Å². The highest BCUT2D eigenvalue weighted by molar-refractivity contribution is 6.02. The van der Waals surface area contributed by atoms with Crippen molar-refractivity contribution in [1.82, 2.24) is 0 Å². The molecular weight excluding hydrogens is 376 g/mol. The molecule has 1 saturated carbocycles.